The number of aliphatic hydroxyl groups is 1. The SMILES string of the molecule is CCCCC(CO)Nc1cc(C)cc(F)c1. The molecule has 90 valence electrons. The first-order valence-electron chi connectivity index (χ1n) is 5.80. The number of halogens is 1. The maximum Gasteiger partial charge on any atom is 0.125 e. The highest BCUT2D eigenvalue weighted by Crippen LogP contribution is 2.15. The maximum absolute atomic E-state index is 13.1. The van der Waals surface area contributed by atoms with E-state index in [2.05, 4.69) is 12.2 Å². The summed E-state index contributed by atoms with van der Waals surface area (Å²) in [6.07, 6.45) is 3.06. The van der Waals surface area contributed by atoms with Gasteiger partial charge in [0, 0.05) is 11.7 Å². The number of hydrogen-bond acceptors (Lipinski definition) is 2. The molecule has 0 bridgehead atoms. The van der Waals surface area contributed by atoms with E-state index in [0.29, 0.717) is 0 Å². The van der Waals surface area contributed by atoms with Crippen molar-refractivity contribution in [2.24, 2.45) is 0 Å². The molecule has 0 aromatic heterocycles. The standard InChI is InChI=1S/C13H20FNO/c1-3-4-5-12(9-16)15-13-7-10(2)6-11(14)8-13/h6-8,12,15-16H,3-5,9H2,1-2H3. The van der Waals surface area contributed by atoms with E-state index in [0.717, 1.165) is 30.5 Å². The summed E-state index contributed by atoms with van der Waals surface area (Å²) in [5, 5.41) is 12.4. The normalized spacial score (nSPS) is 12.5. The van der Waals surface area contributed by atoms with Crippen molar-refractivity contribution < 1.29 is 9.50 Å². The van der Waals surface area contributed by atoms with Crippen LogP contribution < -0.4 is 5.32 Å². The van der Waals surface area contributed by atoms with Crippen molar-refractivity contribution in [3.63, 3.8) is 0 Å². The zero-order chi connectivity index (χ0) is 12.0. The summed E-state index contributed by atoms with van der Waals surface area (Å²) in [6.45, 7) is 4.05. The van der Waals surface area contributed by atoms with Crippen molar-refractivity contribution >= 4 is 5.69 Å². The second-order valence-electron chi connectivity index (χ2n) is 4.18. The number of nitrogens with one attached hydrogen (secondary N) is 1. The lowest BCUT2D eigenvalue weighted by molar-refractivity contribution is 0.267. The Morgan fingerprint density at radius 1 is 1.38 bits per heavy atom. The van der Waals surface area contributed by atoms with Crippen LogP contribution in [-0.2, 0) is 0 Å². The van der Waals surface area contributed by atoms with E-state index in [-0.39, 0.29) is 18.5 Å². The van der Waals surface area contributed by atoms with Gasteiger partial charge in [-0.2, -0.15) is 0 Å². The van der Waals surface area contributed by atoms with Gasteiger partial charge in [-0.1, -0.05) is 19.8 Å². The van der Waals surface area contributed by atoms with Gasteiger partial charge in [-0.15, -0.1) is 0 Å². The first kappa shape index (κ1) is 13.0. The fraction of sp³-hybridized carbons (Fsp3) is 0.538. The predicted octanol–water partition coefficient (Wildman–Crippen LogP) is 3.10. The number of anilines is 1. The van der Waals surface area contributed by atoms with E-state index >= 15 is 0 Å². The van der Waals surface area contributed by atoms with Gasteiger partial charge in [0.1, 0.15) is 5.82 Å². The minimum absolute atomic E-state index is 0.0150. The average Bonchev–Trinajstić information content (AvgIpc) is 2.22. The lowest BCUT2D eigenvalue weighted by Gasteiger charge is -2.17. The minimum atomic E-state index is -0.241. The van der Waals surface area contributed by atoms with Crippen molar-refractivity contribution in [2.45, 2.75) is 39.2 Å². The summed E-state index contributed by atoms with van der Waals surface area (Å²) in [7, 11) is 0. The third-order valence-electron chi connectivity index (χ3n) is 2.54. The summed E-state index contributed by atoms with van der Waals surface area (Å²) < 4.78 is 13.1. The van der Waals surface area contributed by atoms with Crippen LogP contribution in [0.1, 0.15) is 31.7 Å². The Labute approximate surface area is 96.5 Å². The first-order chi connectivity index (χ1) is 7.65. The fourth-order valence-corrected chi connectivity index (χ4v) is 1.71. The van der Waals surface area contributed by atoms with Gasteiger partial charge < -0.3 is 10.4 Å². The van der Waals surface area contributed by atoms with Gasteiger partial charge in [-0.25, -0.2) is 4.39 Å². The van der Waals surface area contributed by atoms with E-state index in [1.807, 2.05) is 13.0 Å². The van der Waals surface area contributed by atoms with E-state index < -0.39 is 0 Å². The van der Waals surface area contributed by atoms with Crippen molar-refractivity contribution in [3.05, 3.63) is 29.6 Å². The van der Waals surface area contributed by atoms with Crippen LogP contribution in [0.25, 0.3) is 0 Å². The Kier molecular flexibility index (Phi) is 5.26. The van der Waals surface area contributed by atoms with Crippen molar-refractivity contribution in [1.82, 2.24) is 0 Å². The molecule has 0 aliphatic rings. The van der Waals surface area contributed by atoms with Gasteiger partial charge >= 0.3 is 0 Å². The third-order valence-corrected chi connectivity index (χ3v) is 2.54. The molecule has 0 saturated carbocycles. The average molecular weight is 225 g/mol. The van der Waals surface area contributed by atoms with Gasteiger partial charge in [0.2, 0.25) is 0 Å². The zero-order valence-corrected chi connectivity index (χ0v) is 9.96. The molecule has 0 heterocycles. The Bertz CT molecular complexity index is 307. The van der Waals surface area contributed by atoms with Crippen LogP contribution in [0.3, 0.4) is 0 Å². The summed E-state index contributed by atoms with van der Waals surface area (Å²) in [4.78, 5) is 0. The number of aryl methyl sites for hydroxylation is 1. The van der Waals surface area contributed by atoms with E-state index in [1.54, 1.807) is 0 Å². The predicted molar refractivity (Wildman–Crippen MR) is 65.2 cm³/mol. The minimum Gasteiger partial charge on any atom is -0.394 e. The van der Waals surface area contributed by atoms with Crippen LogP contribution in [0.4, 0.5) is 10.1 Å². The maximum atomic E-state index is 13.1. The molecule has 3 heteroatoms. The molecule has 0 aliphatic heterocycles. The zero-order valence-electron chi connectivity index (χ0n) is 9.96. The third kappa shape index (κ3) is 4.19. The van der Waals surface area contributed by atoms with Crippen LogP contribution in [0, 0.1) is 12.7 Å². The molecule has 1 atom stereocenters. The second-order valence-corrected chi connectivity index (χ2v) is 4.18. The molecule has 0 spiro atoms. The fourth-order valence-electron chi connectivity index (χ4n) is 1.71. The van der Waals surface area contributed by atoms with Gasteiger partial charge in [0.15, 0.2) is 0 Å². The number of benzene rings is 1. The molecule has 0 radical (unpaired) electrons. The summed E-state index contributed by atoms with van der Waals surface area (Å²) >= 11 is 0. The van der Waals surface area contributed by atoms with E-state index in [9.17, 15) is 9.50 Å². The van der Waals surface area contributed by atoms with Crippen molar-refractivity contribution in [2.75, 3.05) is 11.9 Å². The quantitative estimate of drug-likeness (QED) is 0.779. The molecule has 1 aromatic rings. The molecule has 0 fully saturated rings. The highest BCUT2D eigenvalue weighted by atomic mass is 19.1. The van der Waals surface area contributed by atoms with Crippen LogP contribution >= 0.6 is 0 Å². The van der Waals surface area contributed by atoms with Crippen LogP contribution in [-0.4, -0.2) is 17.8 Å². The summed E-state index contributed by atoms with van der Waals surface area (Å²) in [5.74, 6) is -0.241. The first-order valence-corrected chi connectivity index (χ1v) is 5.80. The van der Waals surface area contributed by atoms with Crippen LogP contribution in [0.15, 0.2) is 18.2 Å². The van der Waals surface area contributed by atoms with E-state index in [4.69, 9.17) is 0 Å². The molecule has 0 amide bonds. The van der Waals surface area contributed by atoms with Crippen LogP contribution in [0.2, 0.25) is 0 Å². The molecule has 2 N–H and O–H groups in total. The Morgan fingerprint density at radius 2 is 2.12 bits per heavy atom. The van der Waals surface area contributed by atoms with Gasteiger partial charge in [-0.3, -0.25) is 0 Å². The number of aliphatic hydroxyl groups excluding tert-OH is 1. The van der Waals surface area contributed by atoms with Gasteiger partial charge in [-0.05, 0) is 37.1 Å². The molecule has 0 saturated heterocycles. The highest BCUT2D eigenvalue weighted by molar-refractivity contribution is 5.46. The number of rotatable bonds is 6. The lowest BCUT2D eigenvalue weighted by Crippen LogP contribution is -2.23. The Balaban J connectivity index is 2.62. The smallest absolute Gasteiger partial charge is 0.125 e. The number of unbranched alkanes of at least 4 members (excludes halogenated alkanes) is 1. The molecule has 0 aliphatic carbocycles. The summed E-state index contributed by atoms with van der Waals surface area (Å²) in [5.41, 5.74) is 1.63. The highest BCUT2D eigenvalue weighted by Gasteiger charge is 2.07. The summed E-state index contributed by atoms with van der Waals surface area (Å²) in [6, 6.07) is 4.85. The molecule has 2 nitrogen and oxygen atoms in total. The van der Waals surface area contributed by atoms with Crippen LogP contribution in [0.5, 0.6) is 0 Å². The van der Waals surface area contributed by atoms with E-state index in [1.165, 1.54) is 12.1 Å². The Hall–Kier alpha value is -1.09. The molecular weight excluding hydrogens is 205 g/mol. The number of hydrogen-bond donors (Lipinski definition) is 2. The monoisotopic (exact) mass is 225 g/mol. The second kappa shape index (κ2) is 6.48. The van der Waals surface area contributed by atoms with Gasteiger partial charge in [0.05, 0.1) is 6.61 Å². The largest absolute Gasteiger partial charge is 0.394 e. The molecular formula is C13H20FNO. The molecule has 16 heavy (non-hydrogen) atoms. The van der Waals surface area contributed by atoms with Gasteiger partial charge in [0.25, 0.3) is 0 Å². The lowest BCUT2D eigenvalue weighted by atomic mass is 10.1. The van der Waals surface area contributed by atoms with Crippen molar-refractivity contribution in [1.29, 1.82) is 0 Å². The molecule has 1 unspecified atom stereocenters. The molecule has 1 aromatic carbocycles. The Morgan fingerprint density at radius 3 is 2.69 bits per heavy atom. The van der Waals surface area contributed by atoms with Crippen molar-refractivity contribution in [3.8, 4) is 0 Å². The topological polar surface area (TPSA) is 32.3 Å². The molecule has 1 rings (SSSR count).